The molecular formula is C20H17F2NO3. The Morgan fingerprint density at radius 1 is 1.08 bits per heavy atom. The topological polar surface area (TPSA) is 46.6 Å². The number of benzene rings is 2. The number of likely N-dealkylation sites (tertiary alicyclic amines) is 1. The third-order valence-corrected chi connectivity index (χ3v) is 5.12. The molecule has 0 saturated carbocycles. The van der Waals surface area contributed by atoms with Crippen LogP contribution < -0.4 is 4.74 Å². The SMILES string of the molecule is O=C1CC2(CCN(C(=O)c3ccc(F)cc3F)CC2)Oc2ccccc21. The van der Waals surface area contributed by atoms with Gasteiger partial charge in [0.1, 0.15) is 23.0 Å². The molecule has 2 heterocycles. The molecule has 26 heavy (non-hydrogen) atoms. The lowest BCUT2D eigenvalue weighted by atomic mass is 9.82. The van der Waals surface area contributed by atoms with Crippen molar-refractivity contribution in [2.75, 3.05) is 13.1 Å². The summed E-state index contributed by atoms with van der Waals surface area (Å²) in [5.74, 6) is -1.44. The number of para-hydroxylation sites is 1. The van der Waals surface area contributed by atoms with Gasteiger partial charge < -0.3 is 9.64 Å². The van der Waals surface area contributed by atoms with Crippen LogP contribution >= 0.6 is 0 Å². The molecule has 4 rings (SSSR count). The fraction of sp³-hybridized carbons (Fsp3) is 0.300. The molecule has 0 unspecified atom stereocenters. The second kappa shape index (κ2) is 6.20. The van der Waals surface area contributed by atoms with Gasteiger partial charge in [0, 0.05) is 32.0 Å². The number of nitrogens with zero attached hydrogens (tertiary/aromatic N) is 1. The second-order valence-electron chi connectivity index (χ2n) is 6.80. The van der Waals surface area contributed by atoms with Gasteiger partial charge in [0.25, 0.3) is 5.91 Å². The quantitative estimate of drug-likeness (QED) is 0.783. The lowest BCUT2D eigenvalue weighted by Gasteiger charge is -2.44. The van der Waals surface area contributed by atoms with Gasteiger partial charge in [0.2, 0.25) is 0 Å². The summed E-state index contributed by atoms with van der Waals surface area (Å²) in [7, 11) is 0. The average Bonchev–Trinajstić information content (AvgIpc) is 2.62. The Labute approximate surface area is 149 Å². The standard InChI is InChI=1S/C20H17F2NO3/c21-13-5-6-14(16(22)11-13)19(25)23-9-7-20(8-10-23)12-17(24)15-3-1-2-4-18(15)26-20/h1-6,11H,7-10,12H2. The number of piperidine rings is 1. The van der Waals surface area contributed by atoms with Crippen molar-refractivity contribution in [2.24, 2.45) is 0 Å². The van der Waals surface area contributed by atoms with Gasteiger partial charge in [-0.1, -0.05) is 12.1 Å². The molecule has 4 nitrogen and oxygen atoms in total. The van der Waals surface area contributed by atoms with Gasteiger partial charge >= 0.3 is 0 Å². The Bertz CT molecular complexity index is 888. The molecule has 0 aromatic heterocycles. The number of hydrogen-bond donors (Lipinski definition) is 0. The monoisotopic (exact) mass is 357 g/mol. The summed E-state index contributed by atoms with van der Waals surface area (Å²) in [6.07, 6.45) is 1.25. The Balaban J connectivity index is 1.49. The van der Waals surface area contributed by atoms with Crippen LogP contribution in [0.5, 0.6) is 5.75 Å². The second-order valence-corrected chi connectivity index (χ2v) is 6.80. The van der Waals surface area contributed by atoms with Gasteiger partial charge in [-0.2, -0.15) is 0 Å². The molecule has 1 amide bonds. The number of fused-ring (bicyclic) bond motifs is 1. The first-order valence-corrected chi connectivity index (χ1v) is 8.53. The summed E-state index contributed by atoms with van der Waals surface area (Å²) in [6, 6.07) is 10.1. The van der Waals surface area contributed by atoms with Crippen molar-refractivity contribution in [3.63, 3.8) is 0 Å². The number of hydrogen-bond acceptors (Lipinski definition) is 3. The van der Waals surface area contributed by atoms with Crippen LogP contribution in [0.4, 0.5) is 8.78 Å². The zero-order valence-electron chi connectivity index (χ0n) is 14.0. The van der Waals surface area contributed by atoms with E-state index in [0.717, 1.165) is 12.1 Å². The van der Waals surface area contributed by atoms with E-state index < -0.39 is 23.1 Å². The summed E-state index contributed by atoms with van der Waals surface area (Å²) < 4.78 is 33.0. The molecule has 134 valence electrons. The van der Waals surface area contributed by atoms with E-state index >= 15 is 0 Å². The maximum Gasteiger partial charge on any atom is 0.256 e. The highest BCUT2D eigenvalue weighted by Crippen LogP contribution is 2.39. The van der Waals surface area contributed by atoms with Crippen LogP contribution in [0.1, 0.15) is 40.0 Å². The number of ketones is 1. The fourth-order valence-corrected chi connectivity index (χ4v) is 3.67. The van der Waals surface area contributed by atoms with Crippen molar-refractivity contribution in [1.82, 2.24) is 4.90 Å². The molecule has 1 spiro atoms. The average molecular weight is 357 g/mol. The minimum absolute atomic E-state index is 0.0382. The summed E-state index contributed by atoms with van der Waals surface area (Å²) in [4.78, 5) is 26.5. The third kappa shape index (κ3) is 2.85. The van der Waals surface area contributed by atoms with Gasteiger partial charge in [-0.25, -0.2) is 8.78 Å². The van der Waals surface area contributed by atoms with E-state index in [1.807, 2.05) is 6.07 Å². The van der Waals surface area contributed by atoms with E-state index in [1.165, 1.54) is 4.90 Å². The molecule has 0 atom stereocenters. The van der Waals surface area contributed by atoms with Crippen molar-refractivity contribution < 1.29 is 23.1 Å². The predicted molar refractivity (Wildman–Crippen MR) is 90.2 cm³/mol. The highest BCUT2D eigenvalue weighted by atomic mass is 19.1. The number of carbonyl (C=O) groups is 2. The normalized spacial score (nSPS) is 18.4. The summed E-state index contributed by atoms with van der Waals surface area (Å²) in [6.45, 7) is 0.705. The lowest BCUT2D eigenvalue weighted by Crippen LogP contribution is -2.52. The zero-order valence-corrected chi connectivity index (χ0v) is 14.0. The number of amides is 1. The molecule has 6 heteroatoms. The van der Waals surface area contributed by atoms with Gasteiger partial charge in [0.15, 0.2) is 5.78 Å². The predicted octanol–water partition coefficient (Wildman–Crippen LogP) is 3.61. The smallest absolute Gasteiger partial charge is 0.256 e. The molecular weight excluding hydrogens is 340 g/mol. The van der Waals surface area contributed by atoms with Crippen molar-refractivity contribution in [1.29, 1.82) is 0 Å². The van der Waals surface area contributed by atoms with E-state index in [9.17, 15) is 18.4 Å². The van der Waals surface area contributed by atoms with Crippen molar-refractivity contribution in [2.45, 2.75) is 24.9 Å². The molecule has 0 radical (unpaired) electrons. The van der Waals surface area contributed by atoms with Gasteiger partial charge in [-0.15, -0.1) is 0 Å². The number of halogens is 2. The van der Waals surface area contributed by atoms with Crippen molar-refractivity contribution in [3.8, 4) is 5.75 Å². The maximum absolute atomic E-state index is 13.9. The Morgan fingerprint density at radius 2 is 1.81 bits per heavy atom. The first-order valence-electron chi connectivity index (χ1n) is 8.53. The minimum atomic E-state index is -0.867. The molecule has 2 aromatic rings. The van der Waals surface area contributed by atoms with E-state index in [1.54, 1.807) is 18.2 Å². The number of ether oxygens (including phenoxy) is 1. The highest BCUT2D eigenvalue weighted by molar-refractivity contribution is 6.00. The highest BCUT2D eigenvalue weighted by Gasteiger charge is 2.43. The van der Waals surface area contributed by atoms with Gasteiger partial charge in [0.05, 0.1) is 17.5 Å². The van der Waals surface area contributed by atoms with Crippen molar-refractivity contribution >= 4 is 11.7 Å². The molecule has 2 aliphatic rings. The van der Waals surface area contributed by atoms with Crippen LogP contribution in [0.2, 0.25) is 0 Å². The minimum Gasteiger partial charge on any atom is -0.486 e. The summed E-state index contributed by atoms with van der Waals surface area (Å²) >= 11 is 0. The maximum atomic E-state index is 13.9. The first kappa shape index (κ1) is 16.7. The van der Waals surface area contributed by atoms with E-state index in [-0.39, 0.29) is 17.8 Å². The number of Topliss-reactive ketones (excluding diaryl/α,β-unsaturated/α-hetero) is 1. The van der Waals surface area contributed by atoms with Crippen LogP contribution in [0.3, 0.4) is 0 Å². The Kier molecular flexibility index (Phi) is 3.98. The lowest BCUT2D eigenvalue weighted by molar-refractivity contribution is -0.00579. The molecule has 0 aliphatic carbocycles. The van der Waals surface area contributed by atoms with Crippen LogP contribution in [0.15, 0.2) is 42.5 Å². The number of rotatable bonds is 1. The largest absolute Gasteiger partial charge is 0.486 e. The van der Waals surface area contributed by atoms with E-state index in [0.29, 0.717) is 43.3 Å². The fourth-order valence-electron chi connectivity index (χ4n) is 3.67. The van der Waals surface area contributed by atoms with E-state index in [2.05, 4.69) is 0 Å². The molecule has 1 saturated heterocycles. The van der Waals surface area contributed by atoms with Crippen LogP contribution in [0.25, 0.3) is 0 Å². The van der Waals surface area contributed by atoms with Gasteiger partial charge in [-0.05, 0) is 24.3 Å². The van der Waals surface area contributed by atoms with Crippen LogP contribution in [-0.4, -0.2) is 35.3 Å². The Hall–Kier alpha value is -2.76. The molecule has 2 aromatic carbocycles. The van der Waals surface area contributed by atoms with Crippen LogP contribution in [-0.2, 0) is 0 Å². The molecule has 0 N–H and O–H groups in total. The number of carbonyl (C=O) groups excluding carboxylic acids is 2. The zero-order chi connectivity index (χ0) is 18.3. The van der Waals surface area contributed by atoms with Crippen molar-refractivity contribution in [3.05, 3.63) is 65.2 Å². The molecule has 1 fully saturated rings. The summed E-state index contributed by atoms with van der Waals surface area (Å²) in [5.41, 5.74) is -0.179. The third-order valence-electron chi connectivity index (χ3n) is 5.12. The van der Waals surface area contributed by atoms with Crippen LogP contribution in [0, 0.1) is 11.6 Å². The molecule has 2 aliphatic heterocycles. The Morgan fingerprint density at radius 3 is 2.54 bits per heavy atom. The van der Waals surface area contributed by atoms with E-state index in [4.69, 9.17) is 4.74 Å². The molecule has 0 bridgehead atoms. The first-order chi connectivity index (χ1) is 12.5. The van der Waals surface area contributed by atoms with Gasteiger partial charge in [-0.3, -0.25) is 9.59 Å². The summed E-state index contributed by atoms with van der Waals surface area (Å²) in [5, 5.41) is 0.